The largest absolute Gasteiger partial charge is 0.494 e. The normalized spacial score (nSPS) is 11.7. The van der Waals surface area contributed by atoms with E-state index in [1.165, 1.54) is 0 Å². The average molecular weight is 252 g/mol. The van der Waals surface area contributed by atoms with E-state index in [-0.39, 0.29) is 6.61 Å². The number of carbonyl (C=O) groups excluding carboxylic acids is 1. The highest BCUT2D eigenvalue weighted by Crippen LogP contribution is 2.22. The van der Waals surface area contributed by atoms with Crippen LogP contribution in [0.15, 0.2) is 24.3 Å². The fourth-order valence-electron chi connectivity index (χ4n) is 1.56. The number of hydrogen-bond acceptors (Lipinski definition) is 4. The zero-order valence-electron chi connectivity index (χ0n) is 10.4. The summed E-state index contributed by atoms with van der Waals surface area (Å²) in [7, 11) is 0. The molecule has 0 aromatic heterocycles. The van der Waals surface area contributed by atoms with Crippen LogP contribution in [-0.2, 0) is 14.3 Å². The number of hydrogen-bond donors (Lipinski definition) is 1. The standard InChI is InChI=1S/C13H16O5/c1-3-17-10-7-5-6-9(8-10)11(12(14)15)13(16)18-4-2/h5-8,11H,3-4H2,1-2H3,(H,14,15). The van der Waals surface area contributed by atoms with Crippen molar-refractivity contribution in [2.24, 2.45) is 0 Å². The molecule has 0 aliphatic heterocycles. The third kappa shape index (κ3) is 3.48. The Kier molecular flexibility index (Phi) is 5.17. The number of carboxylic acid groups (broad SMARTS) is 1. The minimum absolute atomic E-state index is 0.147. The van der Waals surface area contributed by atoms with E-state index >= 15 is 0 Å². The minimum Gasteiger partial charge on any atom is -0.494 e. The maximum Gasteiger partial charge on any atom is 0.324 e. The molecule has 1 rings (SSSR count). The van der Waals surface area contributed by atoms with Gasteiger partial charge in [0.1, 0.15) is 5.75 Å². The van der Waals surface area contributed by atoms with Crippen molar-refractivity contribution in [3.05, 3.63) is 29.8 Å². The topological polar surface area (TPSA) is 72.8 Å². The molecule has 0 radical (unpaired) electrons. The molecule has 0 spiro atoms. The Labute approximate surface area is 105 Å². The second-order valence-electron chi connectivity index (χ2n) is 3.53. The first-order valence-electron chi connectivity index (χ1n) is 5.72. The Morgan fingerprint density at radius 3 is 2.56 bits per heavy atom. The highest BCUT2D eigenvalue weighted by molar-refractivity contribution is 6.00. The van der Waals surface area contributed by atoms with E-state index in [9.17, 15) is 9.59 Å². The maximum atomic E-state index is 11.6. The summed E-state index contributed by atoms with van der Waals surface area (Å²) >= 11 is 0. The molecule has 0 amide bonds. The molecule has 0 saturated carbocycles. The summed E-state index contributed by atoms with van der Waals surface area (Å²) in [6.45, 7) is 4.08. The van der Waals surface area contributed by atoms with Gasteiger partial charge in [0.2, 0.25) is 0 Å². The van der Waals surface area contributed by atoms with Crippen molar-refractivity contribution in [3.63, 3.8) is 0 Å². The van der Waals surface area contributed by atoms with Crippen LogP contribution in [0, 0.1) is 0 Å². The molecular weight excluding hydrogens is 236 g/mol. The number of esters is 1. The van der Waals surface area contributed by atoms with Crippen molar-refractivity contribution in [1.82, 2.24) is 0 Å². The number of aliphatic carboxylic acids is 1. The van der Waals surface area contributed by atoms with Gasteiger partial charge in [-0.25, -0.2) is 0 Å². The first kappa shape index (κ1) is 14.0. The van der Waals surface area contributed by atoms with Gasteiger partial charge in [0, 0.05) is 0 Å². The summed E-state index contributed by atoms with van der Waals surface area (Å²) in [5.74, 6) is -2.78. The number of benzene rings is 1. The van der Waals surface area contributed by atoms with E-state index in [4.69, 9.17) is 14.6 Å². The van der Waals surface area contributed by atoms with Crippen LogP contribution < -0.4 is 4.74 Å². The van der Waals surface area contributed by atoms with Crippen molar-refractivity contribution < 1.29 is 24.2 Å². The van der Waals surface area contributed by atoms with Crippen LogP contribution in [0.4, 0.5) is 0 Å². The predicted molar refractivity (Wildman–Crippen MR) is 64.6 cm³/mol. The lowest BCUT2D eigenvalue weighted by Gasteiger charge is -2.12. The van der Waals surface area contributed by atoms with Crippen molar-refractivity contribution in [2.75, 3.05) is 13.2 Å². The summed E-state index contributed by atoms with van der Waals surface area (Å²) in [5.41, 5.74) is 0.354. The summed E-state index contributed by atoms with van der Waals surface area (Å²) in [6, 6.07) is 6.46. The quantitative estimate of drug-likeness (QED) is 0.617. The molecule has 0 bridgehead atoms. The fraction of sp³-hybridized carbons (Fsp3) is 0.385. The molecule has 98 valence electrons. The Hall–Kier alpha value is -2.04. The first-order valence-corrected chi connectivity index (χ1v) is 5.72. The lowest BCUT2D eigenvalue weighted by Crippen LogP contribution is -2.23. The lowest BCUT2D eigenvalue weighted by molar-refractivity contribution is -0.153. The van der Waals surface area contributed by atoms with Gasteiger partial charge in [0.15, 0.2) is 5.92 Å². The van der Waals surface area contributed by atoms with Crippen molar-refractivity contribution >= 4 is 11.9 Å². The Morgan fingerprint density at radius 2 is 2.00 bits per heavy atom. The number of rotatable bonds is 6. The van der Waals surface area contributed by atoms with E-state index in [1.807, 2.05) is 6.92 Å². The monoisotopic (exact) mass is 252 g/mol. The van der Waals surface area contributed by atoms with Crippen LogP contribution in [0.1, 0.15) is 25.3 Å². The molecule has 0 saturated heterocycles. The molecule has 1 N–H and O–H groups in total. The van der Waals surface area contributed by atoms with Crippen LogP contribution in [0.2, 0.25) is 0 Å². The Balaban J connectivity index is 3.02. The highest BCUT2D eigenvalue weighted by atomic mass is 16.5. The average Bonchev–Trinajstić information content (AvgIpc) is 2.30. The summed E-state index contributed by atoms with van der Waals surface area (Å²) < 4.78 is 10.0. The number of ether oxygens (including phenoxy) is 2. The molecule has 1 unspecified atom stereocenters. The summed E-state index contributed by atoms with van der Waals surface area (Å²) in [5, 5.41) is 9.10. The van der Waals surface area contributed by atoms with Crippen LogP contribution in [0.5, 0.6) is 5.75 Å². The molecule has 0 fully saturated rings. The van der Waals surface area contributed by atoms with Crippen LogP contribution in [-0.4, -0.2) is 30.3 Å². The minimum atomic E-state index is -1.31. The first-order chi connectivity index (χ1) is 8.60. The molecule has 0 heterocycles. The smallest absolute Gasteiger partial charge is 0.324 e. The van der Waals surface area contributed by atoms with Crippen molar-refractivity contribution in [1.29, 1.82) is 0 Å². The predicted octanol–water partition coefficient (Wildman–Crippen LogP) is 1.82. The van der Waals surface area contributed by atoms with Gasteiger partial charge in [0.05, 0.1) is 13.2 Å². The second kappa shape index (κ2) is 6.64. The lowest BCUT2D eigenvalue weighted by atomic mass is 9.99. The summed E-state index contributed by atoms with van der Waals surface area (Å²) in [6.07, 6.45) is 0. The third-order valence-corrected chi connectivity index (χ3v) is 2.27. The van der Waals surface area contributed by atoms with Crippen molar-refractivity contribution in [3.8, 4) is 5.75 Å². The molecule has 5 heteroatoms. The van der Waals surface area contributed by atoms with Crippen molar-refractivity contribution in [2.45, 2.75) is 19.8 Å². The Bertz CT molecular complexity index is 427. The van der Waals surface area contributed by atoms with Gasteiger partial charge in [-0.2, -0.15) is 0 Å². The van der Waals surface area contributed by atoms with E-state index in [0.717, 1.165) is 0 Å². The molecule has 1 aromatic carbocycles. The van der Waals surface area contributed by atoms with Gasteiger partial charge in [0.25, 0.3) is 0 Å². The zero-order chi connectivity index (χ0) is 13.5. The van der Waals surface area contributed by atoms with E-state index < -0.39 is 17.9 Å². The molecular formula is C13H16O5. The molecule has 1 atom stereocenters. The molecule has 18 heavy (non-hydrogen) atoms. The van der Waals surface area contributed by atoms with Gasteiger partial charge in [-0.05, 0) is 31.5 Å². The van der Waals surface area contributed by atoms with Gasteiger partial charge in [-0.15, -0.1) is 0 Å². The second-order valence-corrected chi connectivity index (χ2v) is 3.53. The number of carbonyl (C=O) groups is 2. The maximum absolute atomic E-state index is 11.6. The molecule has 0 aliphatic carbocycles. The van der Waals surface area contributed by atoms with Gasteiger partial charge < -0.3 is 14.6 Å². The SMILES string of the molecule is CCOC(=O)C(C(=O)O)c1cccc(OCC)c1. The van der Waals surface area contributed by atoms with Gasteiger partial charge in [-0.1, -0.05) is 12.1 Å². The van der Waals surface area contributed by atoms with E-state index in [0.29, 0.717) is 17.9 Å². The highest BCUT2D eigenvalue weighted by Gasteiger charge is 2.29. The van der Waals surface area contributed by atoms with E-state index in [2.05, 4.69) is 0 Å². The molecule has 0 aliphatic rings. The van der Waals surface area contributed by atoms with Crippen LogP contribution in [0.25, 0.3) is 0 Å². The molecule has 5 nitrogen and oxygen atoms in total. The summed E-state index contributed by atoms with van der Waals surface area (Å²) in [4.78, 5) is 22.8. The fourth-order valence-corrected chi connectivity index (χ4v) is 1.56. The number of carboxylic acids is 1. The van der Waals surface area contributed by atoms with Crippen LogP contribution in [0.3, 0.4) is 0 Å². The van der Waals surface area contributed by atoms with Gasteiger partial charge >= 0.3 is 11.9 Å². The third-order valence-electron chi connectivity index (χ3n) is 2.27. The molecule has 1 aromatic rings. The Morgan fingerprint density at radius 1 is 1.28 bits per heavy atom. The zero-order valence-corrected chi connectivity index (χ0v) is 10.4. The van der Waals surface area contributed by atoms with Gasteiger partial charge in [-0.3, -0.25) is 9.59 Å². The van der Waals surface area contributed by atoms with Crippen LogP contribution >= 0.6 is 0 Å². The van der Waals surface area contributed by atoms with E-state index in [1.54, 1.807) is 31.2 Å².